The third kappa shape index (κ3) is 4.45. The second kappa shape index (κ2) is 11.8. The van der Waals surface area contributed by atoms with E-state index in [1.807, 2.05) is 36.4 Å². The van der Waals surface area contributed by atoms with Gasteiger partial charge < -0.3 is 13.7 Å². The molecule has 55 heavy (non-hydrogen) atoms. The molecular formula is C50H29N5. The largest absolute Gasteiger partial charge is 0.310 e. The van der Waals surface area contributed by atoms with E-state index >= 15 is 0 Å². The molecule has 0 atom stereocenters. The van der Waals surface area contributed by atoms with E-state index in [1.165, 1.54) is 21.8 Å². The van der Waals surface area contributed by atoms with Crippen LogP contribution >= 0.6 is 0 Å². The van der Waals surface area contributed by atoms with E-state index < -0.39 is 0 Å². The molecule has 0 saturated carbocycles. The fraction of sp³-hybridized carbons (Fsp3) is 0. The number of benzene rings is 8. The lowest BCUT2D eigenvalue weighted by Gasteiger charge is -2.17. The van der Waals surface area contributed by atoms with Crippen molar-refractivity contribution in [3.8, 4) is 28.2 Å². The molecular weight excluding hydrogens is 671 g/mol. The van der Waals surface area contributed by atoms with Crippen molar-refractivity contribution >= 4 is 76.8 Å². The van der Waals surface area contributed by atoms with Gasteiger partial charge in [-0.25, -0.2) is 9.69 Å². The quantitative estimate of drug-likeness (QED) is 0.163. The zero-order valence-corrected chi connectivity index (χ0v) is 29.5. The van der Waals surface area contributed by atoms with Gasteiger partial charge in [-0.1, -0.05) is 103 Å². The van der Waals surface area contributed by atoms with Crippen molar-refractivity contribution in [3.63, 3.8) is 0 Å². The highest BCUT2D eigenvalue weighted by molar-refractivity contribution is 6.13. The van der Waals surface area contributed by atoms with Crippen molar-refractivity contribution in [2.24, 2.45) is 0 Å². The van der Waals surface area contributed by atoms with Gasteiger partial charge in [0.25, 0.3) is 0 Å². The van der Waals surface area contributed by atoms with Crippen molar-refractivity contribution in [2.75, 3.05) is 0 Å². The molecule has 11 aromatic rings. The standard InChI is InChI=1S/C50H29N5/c1-51-33-24-28-47-40(30-33)38-14-5-9-19-45(38)53(47)34-25-22-32(23-26-34)50-42(52-2)16-11-21-49(50)55-46-20-10-6-15-39(46)41-31-35(27-29-48(41)55)54-43-17-7-3-12-36(43)37-13-4-8-18-44(37)54/h3-31H. The fourth-order valence-corrected chi connectivity index (χ4v) is 8.75. The van der Waals surface area contributed by atoms with Crippen molar-refractivity contribution < 1.29 is 0 Å². The second-order valence-corrected chi connectivity index (χ2v) is 13.9. The van der Waals surface area contributed by atoms with Crippen LogP contribution in [0.25, 0.3) is 103 Å². The Hall–Kier alpha value is -7.86. The highest BCUT2D eigenvalue weighted by atomic mass is 15.0. The highest BCUT2D eigenvalue weighted by Gasteiger charge is 2.20. The van der Waals surface area contributed by atoms with Gasteiger partial charge in [0.15, 0.2) is 11.4 Å². The van der Waals surface area contributed by atoms with Crippen LogP contribution in [-0.2, 0) is 0 Å². The van der Waals surface area contributed by atoms with Gasteiger partial charge in [-0.2, -0.15) is 0 Å². The van der Waals surface area contributed by atoms with Crippen molar-refractivity contribution in [1.82, 2.24) is 13.7 Å². The monoisotopic (exact) mass is 699 g/mol. The van der Waals surface area contributed by atoms with E-state index in [4.69, 9.17) is 13.1 Å². The Balaban J connectivity index is 1.10. The molecule has 0 bridgehead atoms. The zero-order valence-electron chi connectivity index (χ0n) is 29.5. The molecule has 0 saturated heterocycles. The minimum atomic E-state index is 0.599. The Morgan fingerprint density at radius 3 is 1.42 bits per heavy atom. The van der Waals surface area contributed by atoms with Gasteiger partial charge >= 0.3 is 0 Å². The number of hydrogen-bond donors (Lipinski definition) is 0. The van der Waals surface area contributed by atoms with E-state index in [2.05, 4.69) is 163 Å². The first-order valence-corrected chi connectivity index (χ1v) is 18.3. The predicted octanol–water partition coefficient (Wildman–Crippen LogP) is 13.7. The Morgan fingerprint density at radius 1 is 0.345 bits per heavy atom. The lowest BCUT2D eigenvalue weighted by atomic mass is 10.0. The van der Waals surface area contributed by atoms with Crippen LogP contribution in [0.1, 0.15) is 0 Å². The smallest absolute Gasteiger partial charge is 0.196 e. The van der Waals surface area contributed by atoms with E-state index in [0.29, 0.717) is 11.4 Å². The first kappa shape index (κ1) is 30.7. The molecule has 0 spiro atoms. The molecule has 0 aliphatic rings. The Morgan fingerprint density at radius 2 is 0.818 bits per heavy atom. The van der Waals surface area contributed by atoms with Gasteiger partial charge in [-0.05, 0) is 83.7 Å². The zero-order chi connectivity index (χ0) is 36.6. The molecule has 0 fully saturated rings. The molecule has 11 rings (SSSR count). The maximum atomic E-state index is 8.28. The van der Waals surface area contributed by atoms with Gasteiger partial charge in [0.05, 0.1) is 46.2 Å². The number of rotatable bonds is 4. The highest BCUT2D eigenvalue weighted by Crippen LogP contribution is 2.43. The molecule has 0 radical (unpaired) electrons. The molecule has 0 aliphatic carbocycles. The summed E-state index contributed by atoms with van der Waals surface area (Å²) in [6.07, 6.45) is 0. The van der Waals surface area contributed by atoms with Gasteiger partial charge in [0.1, 0.15) is 0 Å². The predicted molar refractivity (Wildman–Crippen MR) is 227 cm³/mol. The van der Waals surface area contributed by atoms with Crippen LogP contribution in [0.4, 0.5) is 11.4 Å². The van der Waals surface area contributed by atoms with Gasteiger partial charge in [0, 0.05) is 49.6 Å². The van der Waals surface area contributed by atoms with Gasteiger partial charge in [0.2, 0.25) is 0 Å². The Labute approximate surface area is 316 Å². The van der Waals surface area contributed by atoms with Crippen molar-refractivity contribution in [2.45, 2.75) is 0 Å². The molecule has 0 amide bonds. The molecule has 3 aromatic heterocycles. The average molecular weight is 700 g/mol. The van der Waals surface area contributed by atoms with Crippen LogP contribution in [0, 0.1) is 13.1 Å². The average Bonchev–Trinajstić information content (AvgIpc) is 3.88. The number of hydrogen-bond acceptors (Lipinski definition) is 0. The van der Waals surface area contributed by atoms with Crippen LogP contribution in [0.15, 0.2) is 176 Å². The maximum absolute atomic E-state index is 8.28. The van der Waals surface area contributed by atoms with Gasteiger partial charge in [-0.15, -0.1) is 0 Å². The van der Waals surface area contributed by atoms with E-state index in [9.17, 15) is 0 Å². The summed E-state index contributed by atoms with van der Waals surface area (Å²) in [7, 11) is 0. The Bertz CT molecular complexity index is 3400. The van der Waals surface area contributed by atoms with Crippen LogP contribution in [0.5, 0.6) is 0 Å². The summed E-state index contributed by atoms with van der Waals surface area (Å²) >= 11 is 0. The van der Waals surface area contributed by atoms with E-state index in [1.54, 1.807) is 0 Å². The summed E-state index contributed by atoms with van der Waals surface area (Å²) in [5, 5.41) is 6.95. The molecule has 0 unspecified atom stereocenters. The summed E-state index contributed by atoms with van der Waals surface area (Å²) in [6.45, 7) is 15.9. The van der Waals surface area contributed by atoms with Crippen LogP contribution in [0.2, 0.25) is 0 Å². The van der Waals surface area contributed by atoms with E-state index in [-0.39, 0.29) is 0 Å². The molecule has 254 valence electrons. The molecule has 3 heterocycles. The molecule has 5 nitrogen and oxygen atoms in total. The molecule has 0 aliphatic heterocycles. The summed E-state index contributed by atoms with van der Waals surface area (Å²) in [4.78, 5) is 7.75. The lowest BCUT2D eigenvalue weighted by Crippen LogP contribution is -1.99. The fourth-order valence-electron chi connectivity index (χ4n) is 8.75. The normalized spacial score (nSPS) is 11.6. The van der Waals surface area contributed by atoms with Crippen molar-refractivity contribution in [3.05, 3.63) is 199 Å². The molecule has 5 heteroatoms. The topological polar surface area (TPSA) is 23.5 Å². The number of nitrogens with zero attached hydrogens (tertiary/aromatic N) is 5. The van der Waals surface area contributed by atoms with Gasteiger partial charge in [-0.3, -0.25) is 0 Å². The summed E-state index contributed by atoms with van der Waals surface area (Å²) in [6, 6.07) is 61.4. The SMILES string of the molecule is [C-]#[N+]c1ccc2c(c1)c1ccccc1n2-c1ccc(-c2c([N+]#[C-])cccc2-n2c3ccccc3c3cc(-n4c5ccccc5c5ccccc54)ccc32)cc1. The second-order valence-electron chi connectivity index (χ2n) is 13.9. The van der Waals surface area contributed by atoms with Crippen LogP contribution in [-0.4, -0.2) is 13.7 Å². The lowest BCUT2D eigenvalue weighted by molar-refractivity contribution is 1.16. The Kier molecular flexibility index (Phi) is 6.61. The number of fused-ring (bicyclic) bond motifs is 9. The molecule has 8 aromatic carbocycles. The van der Waals surface area contributed by atoms with Crippen molar-refractivity contribution in [1.29, 1.82) is 0 Å². The first-order chi connectivity index (χ1) is 27.2. The number of aromatic nitrogens is 3. The third-order valence-corrected chi connectivity index (χ3v) is 11.1. The molecule has 0 N–H and O–H groups in total. The number of para-hydroxylation sites is 4. The minimum Gasteiger partial charge on any atom is -0.310 e. The maximum Gasteiger partial charge on any atom is 0.196 e. The van der Waals surface area contributed by atoms with Crippen LogP contribution < -0.4 is 0 Å². The first-order valence-electron chi connectivity index (χ1n) is 18.3. The summed E-state index contributed by atoms with van der Waals surface area (Å²) < 4.78 is 6.94. The van der Waals surface area contributed by atoms with E-state index in [0.717, 1.165) is 71.8 Å². The summed E-state index contributed by atoms with van der Waals surface area (Å²) in [5.41, 5.74) is 12.8. The third-order valence-electron chi connectivity index (χ3n) is 11.1. The van der Waals surface area contributed by atoms with Crippen LogP contribution in [0.3, 0.4) is 0 Å². The summed E-state index contributed by atoms with van der Waals surface area (Å²) in [5.74, 6) is 0. The minimum absolute atomic E-state index is 0.599.